The van der Waals surface area contributed by atoms with Gasteiger partial charge < -0.3 is 15.0 Å². The Bertz CT molecular complexity index is 839. The molecular weight excluding hydrogens is 324 g/mol. The SMILES string of the molecule is O=C(CCn1ccc(=O)[nH]c1=O)NC(c1ccccn1)C1CC(O)C1. The molecule has 1 atom stereocenters. The highest BCUT2D eigenvalue weighted by Crippen LogP contribution is 2.37. The molecule has 0 spiro atoms. The van der Waals surface area contributed by atoms with E-state index < -0.39 is 11.2 Å². The summed E-state index contributed by atoms with van der Waals surface area (Å²) >= 11 is 0. The number of hydrogen-bond acceptors (Lipinski definition) is 5. The molecule has 1 amide bonds. The van der Waals surface area contributed by atoms with Crippen LogP contribution in [0.2, 0.25) is 0 Å². The molecule has 0 saturated heterocycles. The van der Waals surface area contributed by atoms with Crippen LogP contribution in [0.1, 0.15) is 31.0 Å². The number of aromatic nitrogens is 3. The van der Waals surface area contributed by atoms with Gasteiger partial charge in [-0.15, -0.1) is 0 Å². The Labute approximate surface area is 143 Å². The minimum atomic E-state index is -0.538. The summed E-state index contributed by atoms with van der Waals surface area (Å²) in [6.45, 7) is 0.170. The van der Waals surface area contributed by atoms with Gasteiger partial charge in [-0.3, -0.25) is 19.6 Å². The molecule has 2 aromatic rings. The minimum Gasteiger partial charge on any atom is -0.393 e. The van der Waals surface area contributed by atoms with Gasteiger partial charge in [-0.25, -0.2) is 4.79 Å². The van der Waals surface area contributed by atoms with Crippen LogP contribution >= 0.6 is 0 Å². The van der Waals surface area contributed by atoms with E-state index in [1.165, 1.54) is 16.8 Å². The second-order valence-corrected chi connectivity index (χ2v) is 6.24. The molecule has 1 unspecified atom stereocenters. The van der Waals surface area contributed by atoms with Crippen LogP contribution in [-0.2, 0) is 11.3 Å². The fourth-order valence-corrected chi connectivity index (χ4v) is 2.98. The zero-order valence-corrected chi connectivity index (χ0v) is 13.6. The highest BCUT2D eigenvalue weighted by molar-refractivity contribution is 5.76. The van der Waals surface area contributed by atoms with Crippen molar-refractivity contribution < 1.29 is 9.90 Å². The lowest BCUT2D eigenvalue weighted by Crippen LogP contribution is -2.42. The van der Waals surface area contributed by atoms with Gasteiger partial charge in [0.15, 0.2) is 0 Å². The van der Waals surface area contributed by atoms with E-state index in [-0.39, 0.29) is 36.9 Å². The van der Waals surface area contributed by atoms with Gasteiger partial charge in [-0.05, 0) is 30.9 Å². The Morgan fingerprint density at radius 3 is 2.80 bits per heavy atom. The summed E-state index contributed by atoms with van der Waals surface area (Å²) in [6, 6.07) is 6.50. The summed E-state index contributed by atoms with van der Waals surface area (Å²) < 4.78 is 1.28. The first-order valence-electron chi connectivity index (χ1n) is 8.21. The summed E-state index contributed by atoms with van der Waals surface area (Å²) in [7, 11) is 0. The van der Waals surface area contributed by atoms with Crippen LogP contribution in [0, 0.1) is 5.92 Å². The van der Waals surface area contributed by atoms with Crippen molar-refractivity contribution in [3.63, 3.8) is 0 Å². The van der Waals surface area contributed by atoms with E-state index in [4.69, 9.17) is 0 Å². The first kappa shape index (κ1) is 17.1. The summed E-state index contributed by atoms with van der Waals surface area (Å²) in [6.07, 6.45) is 4.07. The average Bonchev–Trinajstić information content (AvgIpc) is 2.57. The number of carbonyl (C=O) groups excluding carboxylic acids is 1. The number of nitrogens with zero attached hydrogens (tertiary/aromatic N) is 2. The number of pyridine rings is 1. The molecule has 3 rings (SSSR count). The van der Waals surface area contributed by atoms with Gasteiger partial charge in [0, 0.05) is 31.4 Å². The summed E-state index contributed by atoms with van der Waals surface area (Å²) in [5, 5.41) is 12.5. The monoisotopic (exact) mass is 344 g/mol. The van der Waals surface area contributed by atoms with E-state index in [0.717, 1.165) is 5.69 Å². The lowest BCUT2D eigenvalue weighted by molar-refractivity contribution is -0.123. The van der Waals surface area contributed by atoms with Gasteiger partial charge in [0.2, 0.25) is 5.91 Å². The van der Waals surface area contributed by atoms with Crippen LogP contribution in [0.25, 0.3) is 0 Å². The van der Waals surface area contributed by atoms with Crippen molar-refractivity contribution in [3.8, 4) is 0 Å². The number of aliphatic hydroxyl groups excluding tert-OH is 1. The lowest BCUT2D eigenvalue weighted by atomic mass is 9.76. The second-order valence-electron chi connectivity index (χ2n) is 6.24. The van der Waals surface area contributed by atoms with Crippen molar-refractivity contribution in [2.75, 3.05) is 0 Å². The van der Waals surface area contributed by atoms with Crippen LogP contribution in [0.5, 0.6) is 0 Å². The first-order valence-corrected chi connectivity index (χ1v) is 8.21. The average molecular weight is 344 g/mol. The number of aliphatic hydroxyl groups is 1. The van der Waals surface area contributed by atoms with Crippen LogP contribution in [0.15, 0.2) is 46.2 Å². The van der Waals surface area contributed by atoms with Crippen LogP contribution in [0.4, 0.5) is 0 Å². The van der Waals surface area contributed by atoms with E-state index in [1.54, 1.807) is 12.3 Å². The largest absolute Gasteiger partial charge is 0.393 e. The Morgan fingerprint density at radius 2 is 2.16 bits per heavy atom. The van der Waals surface area contributed by atoms with E-state index in [1.807, 2.05) is 12.1 Å². The fourth-order valence-electron chi connectivity index (χ4n) is 2.98. The Hall–Kier alpha value is -2.74. The Kier molecular flexibility index (Phi) is 5.08. The molecule has 1 aliphatic carbocycles. The minimum absolute atomic E-state index is 0.102. The van der Waals surface area contributed by atoms with Gasteiger partial charge >= 0.3 is 5.69 Å². The zero-order valence-electron chi connectivity index (χ0n) is 13.6. The predicted octanol–water partition coefficient (Wildman–Crippen LogP) is -0.0499. The molecule has 1 fully saturated rings. The second kappa shape index (κ2) is 7.43. The van der Waals surface area contributed by atoms with Gasteiger partial charge in [0.25, 0.3) is 5.56 Å². The van der Waals surface area contributed by atoms with Gasteiger partial charge in [0.05, 0.1) is 17.8 Å². The molecule has 0 radical (unpaired) electrons. The standard InChI is InChI=1S/C17H20N4O4/c22-12-9-11(10-12)16(13-3-1-2-6-18-13)19-14(23)4-7-21-8-5-15(24)20-17(21)25/h1-3,5-6,8,11-12,16,22H,4,7,9-10H2,(H,19,23)(H,20,24,25). The lowest BCUT2D eigenvalue weighted by Gasteiger charge is -2.37. The number of nitrogens with one attached hydrogen (secondary N) is 2. The summed E-state index contributed by atoms with van der Waals surface area (Å²) in [4.78, 5) is 41.5. The molecule has 1 aliphatic rings. The maximum Gasteiger partial charge on any atom is 0.328 e. The molecule has 0 aromatic carbocycles. The molecule has 25 heavy (non-hydrogen) atoms. The molecule has 2 heterocycles. The third-order valence-corrected chi connectivity index (χ3v) is 4.42. The van der Waals surface area contributed by atoms with Crippen molar-refractivity contribution in [1.29, 1.82) is 0 Å². The Morgan fingerprint density at radius 1 is 1.36 bits per heavy atom. The van der Waals surface area contributed by atoms with Gasteiger partial charge in [-0.2, -0.15) is 0 Å². The number of hydrogen-bond donors (Lipinski definition) is 3. The smallest absolute Gasteiger partial charge is 0.328 e. The van der Waals surface area contributed by atoms with Gasteiger partial charge in [0.1, 0.15) is 0 Å². The zero-order chi connectivity index (χ0) is 17.8. The number of H-pyrrole nitrogens is 1. The number of aryl methyl sites for hydroxylation is 1. The third kappa shape index (κ3) is 4.21. The molecule has 0 bridgehead atoms. The van der Waals surface area contributed by atoms with E-state index in [9.17, 15) is 19.5 Å². The van der Waals surface area contributed by atoms with E-state index >= 15 is 0 Å². The van der Waals surface area contributed by atoms with Crippen LogP contribution < -0.4 is 16.6 Å². The third-order valence-electron chi connectivity index (χ3n) is 4.42. The molecular formula is C17H20N4O4. The number of aromatic amines is 1. The van der Waals surface area contributed by atoms with Gasteiger partial charge in [-0.1, -0.05) is 6.07 Å². The van der Waals surface area contributed by atoms with Crippen molar-refractivity contribution in [2.45, 2.75) is 38.0 Å². The molecule has 8 nitrogen and oxygen atoms in total. The van der Waals surface area contributed by atoms with Crippen LogP contribution in [-0.4, -0.2) is 31.7 Å². The molecule has 3 N–H and O–H groups in total. The summed E-state index contributed by atoms with van der Waals surface area (Å²) in [5.74, 6) is -0.0696. The normalized spacial score (nSPS) is 20.5. The molecule has 132 valence electrons. The maximum atomic E-state index is 12.3. The molecule has 0 aliphatic heterocycles. The number of carbonyl (C=O) groups is 1. The highest BCUT2D eigenvalue weighted by Gasteiger charge is 2.36. The maximum absolute atomic E-state index is 12.3. The van der Waals surface area contributed by atoms with Crippen LogP contribution in [0.3, 0.4) is 0 Å². The summed E-state index contributed by atoms with van der Waals surface area (Å²) in [5.41, 5.74) is -0.248. The van der Waals surface area contributed by atoms with E-state index in [0.29, 0.717) is 12.8 Å². The van der Waals surface area contributed by atoms with E-state index in [2.05, 4.69) is 15.3 Å². The first-order chi connectivity index (χ1) is 12.0. The fraction of sp³-hybridized carbons (Fsp3) is 0.412. The quantitative estimate of drug-likeness (QED) is 0.679. The molecule has 1 saturated carbocycles. The van der Waals surface area contributed by atoms with Crippen molar-refractivity contribution in [1.82, 2.24) is 19.9 Å². The molecule has 2 aromatic heterocycles. The molecule has 8 heteroatoms. The topological polar surface area (TPSA) is 117 Å². The number of rotatable bonds is 6. The highest BCUT2D eigenvalue weighted by atomic mass is 16.3. The predicted molar refractivity (Wildman–Crippen MR) is 89.8 cm³/mol. The van der Waals surface area contributed by atoms with Crippen molar-refractivity contribution in [2.24, 2.45) is 5.92 Å². The Balaban J connectivity index is 1.64. The van der Waals surface area contributed by atoms with Crippen molar-refractivity contribution >= 4 is 5.91 Å². The van der Waals surface area contributed by atoms with Crippen molar-refractivity contribution in [3.05, 3.63) is 63.2 Å². The number of amides is 1.